The lowest BCUT2D eigenvalue weighted by Gasteiger charge is -2.15. The first-order valence-electron chi connectivity index (χ1n) is 10.6. The number of hydrogen-bond donors (Lipinski definition) is 1. The summed E-state index contributed by atoms with van der Waals surface area (Å²) in [6.45, 7) is 2.26. The number of methoxy groups -OCH3 is 1. The van der Waals surface area contributed by atoms with E-state index in [2.05, 4.69) is 15.1 Å². The molecule has 10 heteroatoms. The molecule has 1 unspecified atom stereocenters. The molecular formula is C24H23F3N4O3. The molecule has 2 aromatic heterocycles. The predicted octanol–water partition coefficient (Wildman–Crippen LogP) is 4.61. The number of nitrogens with zero attached hydrogens (tertiary/aromatic N) is 3. The van der Waals surface area contributed by atoms with Crippen molar-refractivity contribution in [1.82, 2.24) is 19.7 Å². The molecule has 1 N–H and O–H groups in total. The van der Waals surface area contributed by atoms with E-state index in [1.54, 1.807) is 6.92 Å². The van der Waals surface area contributed by atoms with Gasteiger partial charge in [-0.1, -0.05) is 42.5 Å². The number of alkyl halides is 3. The molecule has 0 saturated heterocycles. The molecule has 0 radical (unpaired) electrons. The summed E-state index contributed by atoms with van der Waals surface area (Å²) in [6, 6.07) is 13.9. The van der Waals surface area contributed by atoms with Crippen LogP contribution in [0.4, 0.5) is 13.2 Å². The van der Waals surface area contributed by atoms with Crippen LogP contribution in [0.25, 0.3) is 11.0 Å². The van der Waals surface area contributed by atoms with Crippen LogP contribution in [0.3, 0.4) is 0 Å². The Morgan fingerprint density at radius 3 is 2.38 bits per heavy atom. The third-order valence-corrected chi connectivity index (χ3v) is 5.40. The van der Waals surface area contributed by atoms with Crippen molar-refractivity contribution in [3.63, 3.8) is 0 Å². The maximum atomic E-state index is 13.0. The van der Waals surface area contributed by atoms with Gasteiger partial charge in [-0.25, -0.2) is 9.67 Å². The standard InChI is InChI=1S/C24H23F3N4O3/c1-15(17-8-10-18(11-9-17)24(25,26)27)31-22-21(23(32)29-20(28-22)14-33-2)19(30-31)13-34-12-16-6-4-3-5-7-16/h3-11,15H,12-14H2,1-2H3,(H,28,29,32). The summed E-state index contributed by atoms with van der Waals surface area (Å²) in [6.07, 6.45) is -4.42. The predicted molar refractivity (Wildman–Crippen MR) is 119 cm³/mol. The monoisotopic (exact) mass is 472 g/mol. The number of ether oxygens (including phenoxy) is 2. The van der Waals surface area contributed by atoms with Crippen LogP contribution in [0.15, 0.2) is 59.4 Å². The third kappa shape index (κ3) is 5.02. The highest BCUT2D eigenvalue weighted by Crippen LogP contribution is 2.31. The van der Waals surface area contributed by atoms with Gasteiger partial charge < -0.3 is 14.5 Å². The van der Waals surface area contributed by atoms with Gasteiger partial charge in [-0.2, -0.15) is 18.3 Å². The lowest BCUT2D eigenvalue weighted by atomic mass is 10.1. The third-order valence-electron chi connectivity index (χ3n) is 5.40. The van der Waals surface area contributed by atoms with E-state index in [4.69, 9.17) is 9.47 Å². The Morgan fingerprint density at radius 2 is 1.74 bits per heavy atom. The number of aromatic nitrogens is 4. The normalized spacial score (nSPS) is 12.9. The fourth-order valence-corrected chi connectivity index (χ4v) is 3.67. The van der Waals surface area contributed by atoms with E-state index in [1.165, 1.54) is 23.9 Å². The molecule has 0 saturated carbocycles. The highest BCUT2D eigenvalue weighted by Gasteiger charge is 2.30. The van der Waals surface area contributed by atoms with Crippen LogP contribution in [0.2, 0.25) is 0 Å². The molecule has 0 spiro atoms. The van der Waals surface area contributed by atoms with E-state index in [-0.39, 0.29) is 24.2 Å². The lowest BCUT2D eigenvalue weighted by Crippen LogP contribution is -2.15. The number of H-pyrrole nitrogens is 1. The molecule has 0 aliphatic rings. The largest absolute Gasteiger partial charge is 0.416 e. The Labute approximate surface area is 193 Å². The van der Waals surface area contributed by atoms with Gasteiger partial charge in [0.25, 0.3) is 5.56 Å². The molecule has 4 aromatic rings. The molecule has 7 nitrogen and oxygen atoms in total. The van der Waals surface area contributed by atoms with Gasteiger partial charge in [-0.05, 0) is 30.2 Å². The summed E-state index contributed by atoms with van der Waals surface area (Å²) < 4.78 is 51.3. The number of nitrogens with one attached hydrogen (secondary N) is 1. The van der Waals surface area contributed by atoms with Gasteiger partial charge in [0.15, 0.2) is 5.65 Å². The van der Waals surface area contributed by atoms with Crippen molar-refractivity contribution < 1.29 is 22.6 Å². The summed E-state index contributed by atoms with van der Waals surface area (Å²) in [5.41, 5.74) is 1.13. The maximum Gasteiger partial charge on any atom is 0.416 e. The second kappa shape index (κ2) is 9.78. The van der Waals surface area contributed by atoms with Gasteiger partial charge >= 0.3 is 6.18 Å². The Kier molecular flexibility index (Phi) is 6.80. The molecule has 178 valence electrons. The quantitative estimate of drug-likeness (QED) is 0.405. The van der Waals surface area contributed by atoms with E-state index in [0.717, 1.165) is 17.7 Å². The highest BCUT2D eigenvalue weighted by molar-refractivity contribution is 5.77. The van der Waals surface area contributed by atoms with Crippen LogP contribution in [0.1, 0.15) is 41.2 Å². The minimum atomic E-state index is -4.42. The molecule has 0 amide bonds. The maximum absolute atomic E-state index is 13.0. The molecule has 0 bridgehead atoms. The number of aromatic amines is 1. The second-order valence-electron chi connectivity index (χ2n) is 7.81. The van der Waals surface area contributed by atoms with E-state index >= 15 is 0 Å². The van der Waals surface area contributed by atoms with E-state index in [0.29, 0.717) is 29.3 Å². The first-order valence-corrected chi connectivity index (χ1v) is 10.6. The summed E-state index contributed by atoms with van der Waals surface area (Å²) in [5, 5.41) is 4.85. The van der Waals surface area contributed by atoms with E-state index in [9.17, 15) is 18.0 Å². The highest BCUT2D eigenvalue weighted by atomic mass is 19.4. The molecule has 0 aliphatic carbocycles. The zero-order valence-corrected chi connectivity index (χ0v) is 18.6. The molecule has 0 aliphatic heterocycles. The van der Waals surface area contributed by atoms with Crippen LogP contribution in [0, 0.1) is 0 Å². The average Bonchev–Trinajstić information content (AvgIpc) is 3.18. The van der Waals surface area contributed by atoms with Crippen molar-refractivity contribution in [2.24, 2.45) is 0 Å². The van der Waals surface area contributed by atoms with Crippen molar-refractivity contribution in [2.45, 2.75) is 39.0 Å². The van der Waals surface area contributed by atoms with Crippen molar-refractivity contribution in [1.29, 1.82) is 0 Å². The first-order chi connectivity index (χ1) is 16.3. The molecule has 34 heavy (non-hydrogen) atoms. The SMILES string of the molecule is COCc1nc2c(c(COCc3ccccc3)nn2C(C)c2ccc(C(F)(F)F)cc2)c(=O)[nH]1. The van der Waals surface area contributed by atoms with Crippen molar-refractivity contribution >= 4 is 11.0 Å². The minimum absolute atomic E-state index is 0.0620. The number of rotatable bonds is 8. The van der Waals surface area contributed by atoms with Gasteiger partial charge in [0, 0.05) is 7.11 Å². The van der Waals surface area contributed by atoms with E-state index in [1.807, 2.05) is 30.3 Å². The summed E-state index contributed by atoms with van der Waals surface area (Å²) >= 11 is 0. The summed E-state index contributed by atoms with van der Waals surface area (Å²) in [7, 11) is 1.48. The summed E-state index contributed by atoms with van der Waals surface area (Å²) in [4.78, 5) is 20.1. The van der Waals surface area contributed by atoms with Crippen LogP contribution in [-0.4, -0.2) is 26.9 Å². The van der Waals surface area contributed by atoms with Crippen molar-refractivity contribution in [3.8, 4) is 0 Å². The van der Waals surface area contributed by atoms with Crippen LogP contribution < -0.4 is 5.56 Å². The van der Waals surface area contributed by atoms with Gasteiger partial charge in [0.2, 0.25) is 0 Å². The average molecular weight is 472 g/mol. The number of hydrogen-bond acceptors (Lipinski definition) is 5. The number of halogens is 3. The Morgan fingerprint density at radius 1 is 1.03 bits per heavy atom. The fraction of sp³-hybridized carbons (Fsp3) is 0.292. The van der Waals surface area contributed by atoms with Crippen LogP contribution >= 0.6 is 0 Å². The van der Waals surface area contributed by atoms with Crippen LogP contribution in [0.5, 0.6) is 0 Å². The second-order valence-corrected chi connectivity index (χ2v) is 7.81. The van der Waals surface area contributed by atoms with Gasteiger partial charge in [0.1, 0.15) is 23.5 Å². The van der Waals surface area contributed by atoms with Gasteiger partial charge in [-0.15, -0.1) is 0 Å². The smallest absolute Gasteiger partial charge is 0.377 e. The Bertz CT molecular complexity index is 1320. The molecule has 2 aromatic carbocycles. The topological polar surface area (TPSA) is 82.0 Å². The Balaban J connectivity index is 1.70. The first kappa shape index (κ1) is 23.7. The van der Waals surface area contributed by atoms with Crippen molar-refractivity contribution in [3.05, 3.63) is 93.2 Å². The lowest BCUT2D eigenvalue weighted by molar-refractivity contribution is -0.137. The number of benzene rings is 2. The zero-order valence-electron chi connectivity index (χ0n) is 18.6. The molecular weight excluding hydrogens is 449 g/mol. The molecule has 2 heterocycles. The van der Waals surface area contributed by atoms with Gasteiger partial charge in [0.05, 0.1) is 24.8 Å². The number of fused-ring (bicyclic) bond motifs is 1. The minimum Gasteiger partial charge on any atom is -0.377 e. The fourth-order valence-electron chi connectivity index (χ4n) is 3.67. The molecule has 1 atom stereocenters. The zero-order chi connectivity index (χ0) is 24.3. The van der Waals surface area contributed by atoms with Gasteiger partial charge in [-0.3, -0.25) is 4.79 Å². The van der Waals surface area contributed by atoms with E-state index < -0.39 is 17.8 Å². The Hall–Kier alpha value is -3.50. The molecule has 4 rings (SSSR count). The van der Waals surface area contributed by atoms with Crippen LogP contribution in [-0.2, 0) is 35.5 Å². The molecule has 0 fully saturated rings. The van der Waals surface area contributed by atoms with Crippen molar-refractivity contribution in [2.75, 3.05) is 7.11 Å². The summed E-state index contributed by atoms with van der Waals surface area (Å²) in [5.74, 6) is 0.317.